The minimum absolute atomic E-state index is 0.461. The van der Waals surface area contributed by atoms with Crippen molar-refractivity contribution in [3.8, 4) is 0 Å². The molecule has 5 heteroatoms. The average Bonchev–Trinajstić information content (AvgIpc) is 2.65. The highest BCUT2D eigenvalue weighted by Crippen LogP contribution is 2.17. The van der Waals surface area contributed by atoms with Gasteiger partial charge in [-0.3, -0.25) is 10.2 Å². The van der Waals surface area contributed by atoms with Gasteiger partial charge >= 0.3 is 0 Å². The molecule has 0 saturated carbocycles. The Balaban J connectivity index is 2.33. The van der Waals surface area contributed by atoms with Crippen molar-refractivity contribution in [1.29, 1.82) is 0 Å². The van der Waals surface area contributed by atoms with Gasteiger partial charge in [0.05, 0.1) is 0 Å². The van der Waals surface area contributed by atoms with Crippen LogP contribution in [-0.4, -0.2) is 22.2 Å². The fourth-order valence-corrected chi connectivity index (χ4v) is 1.33. The number of benzene rings is 1. The molecule has 1 aromatic heterocycles. The van der Waals surface area contributed by atoms with E-state index in [0.717, 1.165) is 5.69 Å². The number of hydrogen-bond acceptors (Lipinski definition) is 3. The second-order valence-electron chi connectivity index (χ2n) is 2.89. The Kier molecular flexibility index (Phi) is 2.32. The molecule has 0 amide bonds. The van der Waals surface area contributed by atoms with Crippen molar-refractivity contribution in [3.05, 3.63) is 35.1 Å². The zero-order chi connectivity index (χ0) is 9.97. The summed E-state index contributed by atoms with van der Waals surface area (Å²) in [7, 11) is 1.93. The average molecular weight is 206 g/mol. The predicted molar refractivity (Wildman–Crippen MR) is 58.3 cm³/mol. The van der Waals surface area contributed by atoms with Crippen molar-refractivity contribution in [2.75, 3.05) is 11.9 Å². The van der Waals surface area contributed by atoms with Crippen LogP contribution in [0.1, 0.15) is 0 Å². The van der Waals surface area contributed by atoms with Gasteiger partial charge in [-0.15, -0.1) is 0 Å². The first-order valence-corrected chi connectivity index (χ1v) is 4.61. The van der Waals surface area contributed by atoms with Crippen LogP contribution in [0.5, 0.6) is 0 Å². The van der Waals surface area contributed by atoms with E-state index in [1.54, 1.807) is 0 Å². The van der Waals surface area contributed by atoms with Crippen molar-refractivity contribution in [2.24, 2.45) is 0 Å². The van der Waals surface area contributed by atoms with Gasteiger partial charge in [-0.25, -0.2) is 0 Å². The summed E-state index contributed by atoms with van der Waals surface area (Å²) in [6.45, 7) is 0. The largest absolute Gasteiger partial charge is 0.314 e. The Morgan fingerprint density at radius 2 is 1.93 bits per heavy atom. The number of nitrogens with one attached hydrogen (secondary N) is 2. The van der Waals surface area contributed by atoms with Crippen LogP contribution >= 0.6 is 12.2 Å². The van der Waals surface area contributed by atoms with E-state index in [4.69, 9.17) is 12.2 Å². The molecule has 0 aliphatic carbocycles. The smallest absolute Gasteiger partial charge is 0.224 e. The van der Waals surface area contributed by atoms with Crippen molar-refractivity contribution in [3.63, 3.8) is 0 Å². The fourth-order valence-electron chi connectivity index (χ4n) is 1.19. The van der Waals surface area contributed by atoms with Gasteiger partial charge in [-0.05, 0) is 24.4 Å². The lowest BCUT2D eigenvalue weighted by atomic mass is 10.3. The molecule has 2 N–H and O–H groups in total. The molecule has 0 saturated heterocycles. The Bertz CT molecular complexity index is 459. The number of H-pyrrole nitrogens is 2. The van der Waals surface area contributed by atoms with Gasteiger partial charge in [-0.1, -0.05) is 18.2 Å². The Morgan fingerprint density at radius 1 is 1.21 bits per heavy atom. The minimum Gasteiger partial charge on any atom is -0.314 e. The third kappa shape index (κ3) is 1.67. The molecule has 1 heterocycles. The first kappa shape index (κ1) is 8.96. The Hall–Kier alpha value is -1.62. The van der Waals surface area contributed by atoms with Crippen LogP contribution in [0.2, 0.25) is 0 Å². The van der Waals surface area contributed by atoms with E-state index in [2.05, 4.69) is 15.2 Å². The van der Waals surface area contributed by atoms with E-state index in [0.29, 0.717) is 10.7 Å². The van der Waals surface area contributed by atoms with Crippen LogP contribution in [-0.2, 0) is 0 Å². The number of aromatic amines is 2. The summed E-state index contributed by atoms with van der Waals surface area (Å²) in [5, 5.41) is 5.65. The second-order valence-corrected chi connectivity index (χ2v) is 3.27. The molecule has 0 fully saturated rings. The van der Waals surface area contributed by atoms with Crippen LogP contribution in [0.25, 0.3) is 0 Å². The highest BCUT2D eigenvalue weighted by Gasteiger charge is 2.04. The van der Waals surface area contributed by atoms with E-state index in [1.165, 1.54) is 0 Å². The molecule has 72 valence electrons. The monoisotopic (exact) mass is 206 g/mol. The van der Waals surface area contributed by atoms with Gasteiger partial charge in [0.15, 0.2) is 0 Å². The summed E-state index contributed by atoms with van der Waals surface area (Å²) in [6, 6.07) is 9.95. The van der Waals surface area contributed by atoms with Crippen LogP contribution in [0, 0.1) is 4.77 Å². The van der Waals surface area contributed by atoms with Gasteiger partial charge in [-0.2, -0.15) is 4.98 Å². The molecule has 0 atom stereocenters. The van der Waals surface area contributed by atoms with Crippen LogP contribution in [0.15, 0.2) is 30.3 Å². The standard InChI is InChI=1S/C9H10N4S/c1-13(7-5-3-2-4-6-7)8-10-9(14)12-11-8/h2-6H,1H3,(H2,10,11,12,14). The number of rotatable bonds is 2. The number of anilines is 2. The molecule has 0 radical (unpaired) electrons. The van der Waals surface area contributed by atoms with Gasteiger partial charge in [0.1, 0.15) is 0 Å². The molecular weight excluding hydrogens is 196 g/mol. The van der Waals surface area contributed by atoms with Crippen molar-refractivity contribution < 1.29 is 0 Å². The molecule has 0 bridgehead atoms. The zero-order valence-electron chi connectivity index (χ0n) is 7.69. The molecule has 0 unspecified atom stereocenters. The maximum Gasteiger partial charge on any atom is 0.224 e. The SMILES string of the molecule is CN(c1ccccc1)c1nc(=S)[nH][nH]1. The first-order valence-electron chi connectivity index (χ1n) is 4.21. The van der Waals surface area contributed by atoms with E-state index >= 15 is 0 Å². The highest BCUT2D eigenvalue weighted by atomic mass is 32.1. The summed E-state index contributed by atoms with van der Waals surface area (Å²) < 4.78 is 0.461. The molecule has 14 heavy (non-hydrogen) atoms. The van der Waals surface area contributed by atoms with E-state index < -0.39 is 0 Å². The number of nitrogens with zero attached hydrogens (tertiary/aromatic N) is 2. The molecular formula is C9H10N4S. The maximum absolute atomic E-state index is 4.88. The number of aromatic nitrogens is 3. The maximum atomic E-state index is 4.88. The summed E-state index contributed by atoms with van der Waals surface area (Å²) in [5.74, 6) is 0.709. The van der Waals surface area contributed by atoms with Crippen molar-refractivity contribution in [1.82, 2.24) is 15.2 Å². The van der Waals surface area contributed by atoms with E-state index in [-0.39, 0.29) is 0 Å². The first-order chi connectivity index (χ1) is 6.77. The lowest BCUT2D eigenvalue weighted by Gasteiger charge is -2.14. The molecule has 4 nitrogen and oxygen atoms in total. The summed E-state index contributed by atoms with van der Waals surface area (Å²) in [4.78, 5) is 6.04. The fraction of sp³-hybridized carbons (Fsp3) is 0.111. The normalized spacial score (nSPS) is 10.1. The van der Waals surface area contributed by atoms with Gasteiger partial charge in [0.25, 0.3) is 0 Å². The number of hydrogen-bond donors (Lipinski definition) is 2. The van der Waals surface area contributed by atoms with Crippen molar-refractivity contribution >= 4 is 23.9 Å². The summed E-state index contributed by atoms with van der Waals surface area (Å²) >= 11 is 4.88. The molecule has 1 aromatic carbocycles. The second kappa shape index (κ2) is 3.63. The predicted octanol–water partition coefficient (Wildman–Crippen LogP) is 2.24. The quantitative estimate of drug-likeness (QED) is 0.741. The topological polar surface area (TPSA) is 47.7 Å². The minimum atomic E-state index is 0.461. The molecule has 0 spiro atoms. The van der Waals surface area contributed by atoms with Crippen molar-refractivity contribution in [2.45, 2.75) is 0 Å². The number of para-hydroxylation sites is 1. The van der Waals surface area contributed by atoms with Gasteiger partial charge in [0, 0.05) is 12.7 Å². The Morgan fingerprint density at radius 3 is 2.50 bits per heavy atom. The van der Waals surface area contributed by atoms with Crippen LogP contribution < -0.4 is 4.90 Å². The van der Waals surface area contributed by atoms with E-state index in [9.17, 15) is 0 Å². The van der Waals surface area contributed by atoms with Crippen LogP contribution in [0.4, 0.5) is 11.6 Å². The Labute approximate surface area is 86.6 Å². The lowest BCUT2D eigenvalue weighted by Crippen LogP contribution is -2.10. The molecule has 0 aliphatic heterocycles. The third-order valence-corrected chi connectivity index (χ3v) is 2.14. The summed E-state index contributed by atoms with van der Waals surface area (Å²) in [6.07, 6.45) is 0. The lowest BCUT2D eigenvalue weighted by molar-refractivity contribution is 1.03. The van der Waals surface area contributed by atoms with Gasteiger partial charge < -0.3 is 4.90 Å². The molecule has 0 aliphatic rings. The third-order valence-electron chi connectivity index (χ3n) is 1.95. The van der Waals surface area contributed by atoms with Crippen LogP contribution in [0.3, 0.4) is 0 Å². The molecule has 2 rings (SSSR count). The summed E-state index contributed by atoms with van der Waals surface area (Å²) in [5.41, 5.74) is 1.06. The zero-order valence-corrected chi connectivity index (χ0v) is 8.51. The highest BCUT2D eigenvalue weighted by molar-refractivity contribution is 7.71. The van der Waals surface area contributed by atoms with E-state index in [1.807, 2.05) is 42.3 Å². The molecule has 2 aromatic rings. The van der Waals surface area contributed by atoms with Gasteiger partial charge in [0.2, 0.25) is 10.7 Å².